The number of nitrogens with zero attached hydrogens (tertiary/aromatic N) is 4. The van der Waals surface area contributed by atoms with Gasteiger partial charge in [0.15, 0.2) is 0 Å². The summed E-state index contributed by atoms with van der Waals surface area (Å²) in [6.07, 6.45) is 9.89. The molecule has 2 aliphatic rings. The number of hydrogen-bond acceptors (Lipinski definition) is 6. The first-order valence-electron chi connectivity index (χ1n) is 14.7. The molecule has 2 amide bonds. The first kappa shape index (κ1) is 30.3. The third-order valence-electron chi connectivity index (χ3n) is 8.46. The van der Waals surface area contributed by atoms with Crippen LogP contribution in [0.2, 0.25) is 0 Å². The Balaban J connectivity index is 1.69. The topological polar surface area (TPSA) is 125 Å². The molecule has 41 heavy (non-hydrogen) atoms. The van der Waals surface area contributed by atoms with Crippen LogP contribution in [0.25, 0.3) is 0 Å². The molecule has 2 heterocycles. The lowest BCUT2D eigenvalue weighted by Crippen LogP contribution is -2.51. The van der Waals surface area contributed by atoms with Crippen molar-refractivity contribution in [1.29, 1.82) is 0 Å². The van der Waals surface area contributed by atoms with E-state index in [-0.39, 0.29) is 36.2 Å². The van der Waals surface area contributed by atoms with Gasteiger partial charge >= 0.3 is 5.97 Å². The lowest BCUT2D eigenvalue weighted by Gasteiger charge is -2.46. The van der Waals surface area contributed by atoms with Crippen LogP contribution in [-0.2, 0) is 9.59 Å². The number of carboxylic acids is 1. The Bertz CT molecular complexity index is 1260. The van der Waals surface area contributed by atoms with E-state index < -0.39 is 11.6 Å². The number of amides is 2. The van der Waals surface area contributed by atoms with Crippen LogP contribution >= 0.6 is 0 Å². The summed E-state index contributed by atoms with van der Waals surface area (Å²) in [5, 5.41) is 11.5. The highest BCUT2D eigenvalue weighted by Gasteiger charge is 2.52. The molecule has 2 N–H and O–H groups in total. The fourth-order valence-electron chi connectivity index (χ4n) is 6.03. The Morgan fingerprint density at radius 2 is 1.73 bits per heavy atom. The molecule has 0 radical (unpaired) electrons. The van der Waals surface area contributed by atoms with Crippen LogP contribution in [0, 0.1) is 17.3 Å². The number of aliphatic carboxylic acids is 1. The van der Waals surface area contributed by atoms with Gasteiger partial charge in [-0.05, 0) is 73.5 Å². The number of carbonyl (C=O) groups excluding carboxylic acids is 2. The quantitative estimate of drug-likeness (QED) is 0.399. The van der Waals surface area contributed by atoms with E-state index in [0.717, 1.165) is 44.1 Å². The molecular weight excluding hydrogens is 518 g/mol. The first-order valence-corrected chi connectivity index (χ1v) is 14.7. The maximum Gasteiger partial charge on any atom is 0.305 e. The van der Waals surface area contributed by atoms with Gasteiger partial charge in [-0.15, -0.1) is 0 Å². The molecule has 0 bridgehead atoms. The number of benzene rings is 1. The fraction of sp³-hybridized carbons (Fsp3) is 0.562. The number of nitrogens with one attached hydrogen (secondary N) is 1. The highest BCUT2D eigenvalue weighted by atomic mass is 16.4. The van der Waals surface area contributed by atoms with E-state index in [0.29, 0.717) is 28.7 Å². The minimum Gasteiger partial charge on any atom is -0.481 e. The summed E-state index contributed by atoms with van der Waals surface area (Å²) in [6.45, 7) is 11.2. The van der Waals surface area contributed by atoms with E-state index in [1.54, 1.807) is 24.5 Å². The van der Waals surface area contributed by atoms with Crippen molar-refractivity contribution >= 4 is 23.5 Å². The first-order chi connectivity index (χ1) is 19.4. The minimum atomic E-state index is -0.961. The summed E-state index contributed by atoms with van der Waals surface area (Å²) < 4.78 is 0. The van der Waals surface area contributed by atoms with E-state index >= 15 is 0 Å². The number of carbonyl (C=O) groups is 3. The lowest BCUT2D eigenvalue weighted by atomic mass is 9.75. The molecule has 0 saturated heterocycles. The van der Waals surface area contributed by atoms with Gasteiger partial charge in [0.1, 0.15) is 17.7 Å². The van der Waals surface area contributed by atoms with Gasteiger partial charge in [-0.1, -0.05) is 46.8 Å². The largest absolute Gasteiger partial charge is 0.481 e. The van der Waals surface area contributed by atoms with Gasteiger partial charge in [0, 0.05) is 30.1 Å². The summed E-state index contributed by atoms with van der Waals surface area (Å²) >= 11 is 0. The molecule has 9 nitrogen and oxygen atoms in total. The summed E-state index contributed by atoms with van der Waals surface area (Å²) in [5.41, 5.74) is 1.88. The molecule has 1 saturated carbocycles. The van der Waals surface area contributed by atoms with Crippen molar-refractivity contribution in [2.24, 2.45) is 22.2 Å². The molecule has 1 aromatic carbocycles. The van der Waals surface area contributed by atoms with Crippen molar-refractivity contribution in [3.8, 4) is 0 Å². The zero-order valence-corrected chi connectivity index (χ0v) is 24.9. The molecule has 2 aromatic rings. The average Bonchev–Trinajstić information content (AvgIpc) is 3.20. The molecule has 1 aliphatic carbocycles. The molecule has 9 heteroatoms. The SMILES string of the molecule is CC(C)C1CCC2(CC1)N=C(c1cncnc1)C(=O)N2[C@H](CCC(C)(C)C)c1ccc(C(=O)NCCC(=O)O)cc1. The van der Waals surface area contributed by atoms with Crippen LogP contribution in [0.3, 0.4) is 0 Å². The van der Waals surface area contributed by atoms with Crippen LogP contribution < -0.4 is 5.32 Å². The van der Waals surface area contributed by atoms with E-state index in [4.69, 9.17) is 10.1 Å². The van der Waals surface area contributed by atoms with Gasteiger partial charge in [-0.3, -0.25) is 19.4 Å². The van der Waals surface area contributed by atoms with Gasteiger partial charge in [-0.25, -0.2) is 9.97 Å². The molecule has 1 spiro atoms. The summed E-state index contributed by atoms with van der Waals surface area (Å²) in [7, 11) is 0. The normalized spacial score (nSPS) is 21.7. The predicted octanol–water partition coefficient (Wildman–Crippen LogP) is 5.42. The molecule has 1 aliphatic heterocycles. The zero-order chi connectivity index (χ0) is 29.8. The van der Waals surface area contributed by atoms with Crippen LogP contribution in [-0.4, -0.2) is 55.7 Å². The number of aliphatic imine (C=N–C) groups is 1. The van der Waals surface area contributed by atoms with Gasteiger partial charge in [0.25, 0.3) is 11.8 Å². The van der Waals surface area contributed by atoms with Crippen LogP contribution in [0.5, 0.6) is 0 Å². The van der Waals surface area contributed by atoms with E-state index in [2.05, 4.69) is 49.9 Å². The molecule has 220 valence electrons. The van der Waals surface area contributed by atoms with E-state index in [9.17, 15) is 14.4 Å². The second-order valence-electron chi connectivity index (χ2n) is 13.0. The number of carboxylic acid groups (broad SMARTS) is 1. The Labute approximate surface area is 242 Å². The molecule has 1 atom stereocenters. The van der Waals surface area contributed by atoms with Crippen LogP contribution in [0.1, 0.15) is 107 Å². The molecule has 0 unspecified atom stereocenters. The molecule has 1 fully saturated rings. The monoisotopic (exact) mass is 561 g/mol. The van der Waals surface area contributed by atoms with Gasteiger partial charge < -0.3 is 15.3 Å². The average molecular weight is 562 g/mol. The van der Waals surface area contributed by atoms with E-state index in [1.807, 2.05) is 17.0 Å². The zero-order valence-electron chi connectivity index (χ0n) is 24.9. The highest BCUT2D eigenvalue weighted by Crippen LogP contribution is 2.48. The molecular formula is C32H43N5O4. The van der Waals surface area contributed by atoms with Crippen molar-refractivity contribution < 1.29 is 19.5 Å². The Morgan fingerprint density at radius 3 is 2.29 bits per heavy atom. The van der Waals surface area contributed by atoms with Gasteiger partial charge in [-0.2, -0.15) is 0 Å². The summed E-state index contributed by atoms with van der Waals surface area (Å²) in [6, 6.07) is 7.12. The Kier molecular flexibility index (Phi) is 9.24. The third kappa shape index (κ3) is 7.18. The minimum absolute atomic E-state index is 0.0599. The smallest absolute Gasteiger partial charge is 0.305 e. The number of aromatic nitrogens is 2. The second-order valence-corrected chi connectivity index (χ2v) is 13.0. The Hall–Kier alpha value is -3.62. The van der Waals surface area contributed by atoms with Crippen molar-refractivity contribution in [3.63, 3.8) is 0 Å². The summed E-state index contributed by atoms with van der Waals surface area (Å²) in [5.74, 6) is -0.201. The van der Waals surface area contributed by atoms with E-state index in [1.165, 1.54) is 6.33 Å². The maximum atomic E-state index is 14.3. The predicted molar refractivity (Wildman–Crippen MR) is 157 cm³/mol. The summed E-state index contributed by atoms with van der Waals surface area (Å²) in [4.78, 5) is 53.3. The van der Waals surface area contributed by atoms with Crippen LogP contribution in [0.15, 0.2) is 48.0 Å². The number of rotatable bonds is 10. The number of hydrogen-bond donors (Lipinski definition) is 2. The van der Waals surface area contributed by atoms with Crippen LogP contribution in [0.4, 0.5) is 0 Å². The third-order valence-corrected chi connectivity index (χ3v) is 8.46. The Morgan fingerprint density at radius 1 is 1.10 bits per heavy atom. The van der Waals surface area contributed by atoms with Crippen molar-refractivity contribution in [2.75, 3.05) is 6.54 Å². The molecule has 4 rings (SSSR count). The molecule has 1 aromatic heterocycles. The second kappa shape index (κ2) is 12.5. The maximum absolute atomic E-state index is 14.3. The lowest BCUT2D eigenvalue weighted by molar-refractivity contribution is -0.137. The van der Waals surface area contributed by atoms with Gasteiger partial charge in [0.05, 0.1) is 12.5 Å². The fourth-order valence-corrected chi connectivity index (χ4v) is 6.03. The highest BCUT2D eigenvalue weighted by molar-refractivity contribution is 6.46. The standard InChI is InChI=1S/C32H43N5O4/c1-21(2)22-10-15-32(16-11-22)36-28(25-18-33-20-34-19-25)30(41)37(32)26(12-14-31(3,4)5)23-6-8-24(9-7-23)29(40)35-17-13-27(38)39/h6-9,18-22,26H,10-17H2,1-5H3,(H,35,40)(H,38,39)/t22?,26-,32?/m1/s1. The van der Waals surface area contributed by atoms with Crippen molar-refractivity contribution in [3.05, 3.63) is 59.7 Å². The van der Waals surface area contributed by atoms with Crippen molar-refractivity contribution in [1.82, 2.24) is 20.2 Å². The van der Waals surface area contributed by atoms with Gasteiger partial charge in [0.2, 0.25) is 0 Å². The van der Waals surface area contributed by atoms with Crippen molar-refractivity contribution in [2.45, 2.75) is 91.3 Å².